The van der Waals surface area contributed by atoms with Crippen molar-refractivity contribution in [2.24, 2.45) is 0 Å². The van der Waals surface area contributed by atoms with Gasteiger partial charge in [-0.05, 0) is 13.3 Å². The molecule has 0 saturated heterocycles. The molecule has 1 unspecified atom stereocenters. The highest BCUT2D eigenvalue weighted by Gasteiger charge is 2.28. The predicted octanol–water partition coefficient (Wildman–Crippen LogP) is 2.26. The molecule has 0 aromatic heterocycles. The van der Waals surface area contributed by atoms with Crippen molar-refractivity contribution < 1.29 is 9.90 Å². The topological polar surface area (TPSA) is 37.3 Å². The second-order valence-corrected chi connectivity index (χ2v) is 3.97. The second kappa shape index (κ2) is 3.30. The van der Waals surface area contributed by atoms with Gasteiger partial charge in [-0.15, -0.1) is 0 Å². The van der Waals surface area contributed by atoms with Crippen LogP contribution < -0.4 is 0 Å². The highest BCUT2D eigenvalue weighted by Crippen LogP contribution is 2.33. The van der Waals surface area contributed by atoms with Crippen molar-refractivity contribution in [1.29, 1.82) is 0 Å². The number of hydrogen-bond acceptors (Lipinski definition) is 3. The van der Waals surface area contributed by atoms with Gasteiger partial charge in [0.15, 0.2) is 0 Å². The lowest BCUT2D eigenvalue weighted by Crippen LogP contribution is -1.95. The molecule has 1 N–H and O–H groups in total. The maximum Gasteiger partial charge on any atom is 0.219 e. The average Bonchev–Trinajstić information content (AvgIpc) is 2.17. The quantitative estimate of drug-likeness (QED) is 0.694. The van der Waals surface area contributed by atoms with E-state index in [1.54, 1.807) is 0 Å². The molecule has 62 valence electrons. The van der Waals surface area contributed by atoms with E-state index in [0.717, 1.165) is 6.42 Å². The summed E-state index contributed by atoms with van der Waals surface area (Å²) in [6, 6.07) is 0. The summed E-state index contributed by atoms with van der Waals surface area (Å²) in [5.74, 6) is 0.293. The first-order chi connectivity index (χ1) is 5.16. The molecule has 0 radical (unpaired) electrons. The predicted molar refractivity (Wildman–Crippen MR) is 46.6 cm³/mol. The van der Waals surface area contributed by atoms with Crippen molar-refractivity contribution >= 4 is 16.9 Å². The molecule has 3 heteroatoms. The zero-order chi connectivity index (χ0) is 8.43. The molecular formula is C8H12O2S. The highest BCUT2D eigenvalue weighted by atomic mass is 32.2. The molecule has 0 amide bonds. The molecule has 1 heterocycles. The number of rotatable bonds is 2. The van der Waals surface area contributed by atoms with Crippen LogP contribution in [-0.4, -0.2) is 15.5 Å². The zero-order valence-electron chi connectivity index (χ0n) is 6.76. The van der Waals surface area contributed by atoms with E-state index in [9.17, 15) is 9.90 Å². The van der Waals surface area contributed by atoms with Crippen molar-refractivity contribution in [2.75, 3.05) is 0 Å². The maximum atomic E-state index is 11.1. The first-order valence-electron chi connectivity index (χ1n) is 3.79. The smallest absolute Gasteiger partial charge is 0.219 e. The Morgan fingerprint density at radius 1 is 1.64 bits per heavy atom. The molecule has 0 aromatic carbocycles. The Labute approximate surface area is 70.7 Å². The third-order valence-electron chi connectivity index (χ3n) is 1.72. The molecule has 0 spiro atoms. The van der Waals surface area contributed by atoms with Gasteiger partial charge in [0.1, 0.15) is 5.76 Å². The summed E-state index contributed by atoms with van der Waals surface area (Å²) in [6.07, 6.45) is 1.63. The Morgan fingerprint density at radius 3 is 2.64 bits per heavy atom. The van der Waals surface area contributed by atoms with Crippen LogP contribution in [0.5, 0.6) is 0 Å². The van der Waals surface area contributed by atoms with E-state index in [4.69, 9.17) is 0 Å². The second-order valence-electron chi connectivity index (χ2n) is 2.66. The van der Waals surface area contributed by atoms with Crippen LogP contribution in [0, 0.1) is 0 Å². The lowest BCUT2D eigenvalue weighted by molar-refractivity contribution is -0.108. The number of aliphatic hydroxyl groups excluding tert-OH is 1. The van der Waals surface area contributed by atoms with Crippen LogP contribution in [0.25, 0.3) is 0 Å². The fourth-order valence-electron chi connectivity index (χ4n) is 1.12. The molecule has 0 aliphatic carbocycles. The Hall–Kier alpha value is -0.440. The Balaban J connectivity index is 2.79. The first kappa shape index (κ1) is 8.65. The standard InChI is InChI=1S/C8H12O2S/c1-3-4-6-7(9)5(2)11-8(6)10/h5,9H,3-4H2,1-2H3. The van der Waals surface area contributed by atoms with Gasteiger partial charge in [0.2, 0.25) is 5.12 Å². The Kier molecular flexibility index (Phi) is 2.60. The van der Waals surface area contributed by atoms with E-state index in [-0.39, 0.29) is 10.4 Å². The number of hydrogen-bond donors (Lipinski definition) is 1. The minimum absolute atomic E-state index is 0.0240. The van der Waals surface area contributed by atoms with Crippen LogP contribution in [0.2, 0.25) is 0 Å². The third-order valence-corrected chi connectivity index (χ3v) is 2.76. The van der Waals surface area contributed by atoms with Crippen LogP contribution in [0.3, 0.4) is 0 Å². The molecule has 0 aromatic rings. The van der Waals surface area contributed by atoms with Gasteiger partial charge in [-0.25, -0.2) is 0 Å². The lowest BCUT2D eigenvalue weighted by atomic mass is 10.1. The van der Waals surface area contributed by atoms with Gasteiger partial charge in [0.25, 0.3) is 0 Å². The molecule has 0 fully saturated rings. The van der Waals surface area contributed by atoms with Crippen molar-refractivity contribution in [3.63, 3.8) is 0 Å². The molecule has 1 aliphatic heterocycles. The largest absolute Gasteiger partial charge is 0.511 e. The number of carbonyl (C=O) groups excluding carboxylic acids is 1. The van der Waals surface area contributed by atoms with Crippen LogP contribution in [0.1, 0.15) is 26.7 Å². The number of aliphatic hydroxyl groups is 1. The molecule has 1 atom stereocenters. The normalized spacial score (nSPS) is 24.9. The average molecular weight is 172 g/mol. The fraction of sp³-hybridized carbons (Fsp3) is 0.625. The molecule has 11 heavy (non-hydrogen) atoms. The molecule has 0 saturated carbocycles. The minimum atomic E-state index is -0.0240. The van der Waals surface area contributed by atoms with Crippen LogP contribution in [-0.2, 0) is 4.79 Å². The van der Waals surface area contributed by atoms with Crippen molar-refractivity contribution in [3.8, 4) is 0 Å². The summed E-state index contributed by atoms with van der Waals surface area (Å²) in [5, 5.41) is 9.43. The summed E-state index contributed by atoms with van der Waals surface area (Å²) in [5.41, 5.74) is 0.630. The lowest BCUT2D eigenvalue weighted by Gasteiger charge is -1.98. The van der Waals surface area contributed by atoms with Gasteiger partial charge in [0, 0.05) is 5.57 Å². The van der Waals surface area contributed by atoms with Crippen LogP contribution in [0.15, 0.2) is 11.3 Å². The molecule has 0 bridgehead atoms. The van der Waals surface area contributed by atoms with Crippen LogP contribution in [0.4, 0.5) is 0 Å². The molecule has 1 rings (SSSR count). The number of carbonyl (C=O) groups is 1. The SMILES string of the molecule is CCCC1=C(O)C(C)SC1=O. The van der Waals surface area contributed by atoms with Gasteiger partial charge in [-0.2, -0.15) is 0 Å². The van der Waals surface area contributed by atoms with Crippen molar-refractivity contribution in [2.45, 2.75) is 31.9 Å². The Bertz CT molecular complexity index is 208. The summed E-state index contributed by atoms with van der Waals surface area (Å²) < 4.78 is 0. The summed E-state index contributed by atoms with van der Waals surface area (Å²) in [4.78, 5) is 11.1. The van der Waals surface area contributed by atoms with Gasteiger partial charge >= 0.3 is 0 Å². The first-order valence-corrected chi connectivity index (χ1v) is 4.67. The molecule has 2 nitrogen and oxygen atoms in total. The number of thioether (sulfide) groups is 1. The molecule has 1 aliphatic rings. The molecular weight excluding hydrogens is 160 g/mol. The fourth-order valence-corrected chi connectivity index (χ4v) is 2.04. The van der Waals surface area contributed by atoms with E-state index in [0.29, 0.717) is 17.8 Å². The van der Waals surface area contributed by atoms with Gasteiger partial charge in [-0.3, -0.25) is 4.79 Å². The maximum absolute atomic E-state index is 11.1. The van der Waals surface area contributed by atoms with Gasteiger partial charge in [-0.1, -0.05) is 25.1 Å². The summed E-state index contributed by atoms with van der Waals surface area (Å²) >= 11 is 1.21. The zero-order valence-corrected chi connectivity index (χ0v) is 7.57. The van der Waals surface area contributed by atoms with Gasteiger partial charge in [0.05, 0.1) is 5.25 Å². The van der Waals surface area contributed by atoms with E-state index >= 15 is 0 Å². The monoisotopic (exact) mass is 172 g/mol. The minimum Gasteiger partial charge on any atom is -0.511 e. The highest BCUT2D eigenvalue weighted by molar-refractivity contribution is 8.15. The van der Waals surface area contributed by atoms with E-state index in [2.05, 4.69) is 0 Å². The van der Waals surface area contributed by atoms with Crippen molar-refractivity contribution in [1.82, 2.24) is 0 Å². The Morgan fingerprint density at radius 2 is 2.27 bits per heavy atom. The summed E-state index contributed by atoms with van der Waals surface area (Å²) in [6.45, 7) is 3.85. The van der Waals surface area contributed by atoms with E-state index in [1.807, 2.05) is 13.8 Å². The van der Waals surface area contributed by atoms with Crippen LogP contribution >= 0.6 is 11.8 Å². The third kappa shape index (κ3) is 1.59. The van der Waals surface area contributed by atoms with Crippen molar-refractivity contribution in [3.05, 3.63) is 11.3 Å². The van der Waals surface area contributed by atoms with E-state index < -0.39 is 0 Å². The van der Waals surface area contributed by atoms with E-state index in [1.165, 1.54) is 11.8 Å². The summed E-state index contributed by atoms with van der Waals surface area (Å²) in [7, 11) is 0. The van der Waals surface area contributed by atoms with Gasteiger partial charge < -0.3 is 5.11 Å².